The average Bonchev–Trinajstić information content (AvgIpc) is 2.93. The third kappa shape index (κ3) is 2.02. The van der Waals surface area contributed by atoms with Gasteiger partial charge in [0.15, 0.2) is 0 Å². The standard InChI is InChI=1S/C11H15ClN2/c12-9-3-1-2-8(11(9)14)10(13)6-7-4-5-7/h1-3,7,10H,4-6,13-14H2/t10-/m1/s1. The van der Waals surface area contributed by atoms with E-state index in [0.717, 1.165) is 17.9 Å². The molecule has 0 aromatic heterocycles. The van der Waals surface area contributed by atoms with E-state index < -0.39 is 0 Å². The second kappa shape index (κ2) is 3.79. The lowest BCUT2D eigenvalue weighted by atomic mass is 10.0. The molecule has 1 aliphatic carbocycles. The SMILES string of the molecule is Nc1c(Cl)cccc1[C@H](N)CC1CC1. The van der Waals surface area contributed by atoms with Gasteiger partial charge in [0.25, 0.3) is 0 Å². The molecule has 0 heterocycles. The van der Waals surface area contributed by atoms with Gasteiger partial charge in [-0.25, -0.2) is 0 Å². The van der Waals surface area contributed by atoms with Crippen molar-refractivity contribution in [3.63, 3.8) is 0 Å². The van der Waals surface area contributed by atoms with Gasteiger partial charge in [-0.3, -0.25) is 0 Å². The van der Waals surface area contributed by atoms with Crippen molar-refractivity contribution in [3.8, 4) is 0 Å². The van der Waals surface area contributed by atoms with E-state index in [1.54, 1.807) is 6.07 Å². The molecule has 1 saturated carbocycles. The van der Waals surface area contributed by atoms with Gasteiger partial charge in [0.2, 0.25) is 0 Å². The zero-order valence-corrected chi connectivity index (χ0v) is 8.80. The van der Waals surface area contributed by atoms with E-state index in [9.17, 15) is 0 Å². The number of nitrogens with two attached hydrogens (primary N) is 2. The number of benzene rings is 1. The zero-order chi connectivity index (χ0) is 10.1. The smallest absolute Gasteiger partial charge is 0.0638 e. The first kappa shape index (κ1) is 9.81. The molecule has 1 aromatic rings. The van der Waals surface area contributed by atoms with E-state index in [4.69, 9.17) is 23.1 Å². The lowest BCUT2D eigenvalue weighted by Crippen LogP contribution is -2.13. The van der Waals surface area contributed by atoms with Crippen molar-refractivity contribution in [2.75, 3.05) is 5.73 Å². The predicted octanol–water partition coefficient (Wildman–Crippen LogP) is 2.72. The molecule has 0 radical (unpaired) electrons. The van der Waals surface area contributed by atoms with E-state index in [2.05, 4.69) is 0 Å². The van der Waals surface area contributed by atoms with Crippen LogP contribution in [0.4, 0.5) is 5.69 Å². The van der Waals surface area contributed by atoms with E-state index in [0.29, 0.717) is 10.7 Å². The topological polar surface area (TPSA) is 52.0 Å². The summed E-state index contributed by atoms with van der Waals surface area (Å²) in [6.45, 7) is 0. The average molecular weight is 211 g/mol. The summed E-state index contributed by atoms with van der Waals surface area (Å²) in [6.07, 6.45) is 3.66. The van der Waals surface area contributed by atoms with Crippen molar-refractivity contribution in [2.45, 2.75) is 25.3 Å². The van der Waals surface area contributed by atoms with Crippen LogP contribution in [0, 0.1) is 5.92 Å². The highest BCUT2D eigenvalue weighted by atomic mass is 35.5. The van der Waals surface area contributed by atoms with Crippen LogP contribution in [0.5, 0.6) is 0 Å². The quantitative estimate of drug-likeness (QED) is 0.754. The molecular formula is C11H15ClN2. The first-order chi connectivity index (χ1) is 6.68. The minimum Gasteiger partial charge on any atom is -0.397 e. The summed E-state index contributed by atoms with van der Waals surface area (Å²) in [5.74, 6) is 0.809. The van der Waals surface area contributed by atoms with Gasteiger partial charge in [-0.15, -0.1) is 0 Å². The Labute approximate surface area is 89.2 Å². The van der Waals surface area contributed by atoms with Crippen molar-refractivity contribution in [1.29, 1.82) is 0 Å². The van der Waals surface area contributed by atoms with Gasteiger partial charge in [0.1, 0.15) is 0 Å². The van der Waals surface area contributed by atoms with Crippen molar-refractivity contribution < 1.29 is 0 Å². The van der Waals surface area contributed by atoms with Crippen LogP contribution in [-0.4, -0.2) is 0 Å². The van der Waals surface area contributed by atoms with E-state index in [1.165, 1.54) is 12.8 Å². The maximum absolute atomic E-state index is 6.07. The number of hydrogen-bond acceptors (Lipinski definition) is 2. The van der Waals surface area contributed by atoms with E-state index in [-0.39, 0.29) is 6.04 Å². The fraction of sp³-hybridized carbons (Fsp3) is 0.455. The number of rotatable bonds is 3. The van der Waals surface area contributed by atoms with Crippen LogP contribution >= 0.6 is 11.6 Å². The molecule has 0 amide bonds. The number of nitrogen functional groups attached to an aromatic ring is 1. The molecule has 76 valence electrons. The summed E-state index contributed by atoms with van der Waals surface area (Å²) < 4.78 is 0. The second-order valence-electron chi connectivity index (χ2n) is 4.03. The molecular weight excluding hydrogens is 196 g/mol. The van der Waals surface area contributed by atoms with Gasteiger partial charge in [0.05, 0.1) is 10.7 Å². The molecule has 3 heteroatoms. The van der Waals surface area contributed by atoms with Crippen molar-refractivity contribution in [1.82, 2.24) is 0 Å². The third-order valence-corrected chi connectivity index (χ3v) is 3.10. The Bertz CT molecular complexity index is 334. The van der Waals surface area contributed by atoms with Gasteiger partial charge in [-0.05, 0) is 24.0 Å². The Balaban J connectivity index is 2.16. The number of halogens is 1. The van der Waals surface area contributed by atoms with Crippen LogP contribution in [0.1, 0.15) is 30.9 Å². The molecule has 14 heavy (non-hydrogen) atoms. The summed E-state index contributed by atoms with van der Waals surface area (Å²) in [5.41, 5.74) is 13.6. The highest BCUT2D eigenvalue weighted by molar-refractivity contribution is 6.33. The normalized spacial score (nSPS) is 18.1. The van der Waals surface area contributed by atoms with Crippen LogP contribution in [-0.2, 0) is 0 Å². The van der Waals surface area contributed by atoms with Crippen molar-refractivity contribution in [2.24, 2.45) is 11.7 Å². The maximum Gasteiger partial charge on any atom is 0.0638 e. The largest absolute Gasteiger partial charge is 0.397 e. The molecule has 2 rings (SSSR count). The lowest BCUT2D eigenvalue weighted by molar-refractivity contribution is 0.598. The Morgan fingerprint density at radius 2 is 2.14 bits per heavy atom. The van der Waals surface area contributed by atoms with Crippen molar-refractivity contribution >= 4 is 17.3 Å². The summed E-state index contributed by atoms with van der Waals surface area (Å²) in [5, 5.41) is 0.605. The molecule has 1 aromatic carbocycles. The molecule has 4 N–H and O–H groups in total. The summed E-state index contributed by atoms with van der Waals surface area (Å²) in [4.78, 5) is 0. The third-order valence-electron chi connectivity index (χ3n) is 2.77. The van der Waals surface area contributed by atoms with Crippen LogP contribution in [0.25, 0.3) is 0 Å². The molecule has 0 spiro atoms. The summed E-state index contributed by atoms with van der Waals surface area (Å²) >= 11 is 5.93. The fourth-order valence-corrected chi connectivity index (χ4v) is 1.90. The van der Waals surface area contributed by atoms with Crippen LogP contribution in [0.15, 0.2) is 18.2 Å². The molecule has 1 aliphatic rings. The Hall–Kier alpha value is -0.730. The summed E-state index contributed by atoms with van der Waals surface area (Å²) in [7, 11) is 0. The minimum atomic E-state index is 0.0428. The molecule has 1 atom stereocenters. The second-order valence-corrected chi connectivity index (χ2v) is 4.44. The molecule has 2 nitrogen and oxygen atoms in total. The van der Waals surface area contributed by atoms with Gasteiger partial charge in [-0.2, -0.15) is 0 Å². The molecule has 1 fully saturated rings. The Morgan fingerprint density at radius 1 is 1.43 bits per heavy atom. The highest BCUT2D eigenvalue weighted by Crippen LogP contribution is 2.38. The molecule has 0 unspecified atom stereocenters. The highest BCUT2D eigenvalue weighted by Gasteiger charge is 2.25. The summed E-state index contributed by atoms with van der Waals surface area (Å²) in [6, 6.07) is 5.71. The van der Waals surface area contributed by atoms with Crippen LogP contribution in [0.2, 0.25) is 5.02 Å². The number of para-hydroxylation sites is 1. The first-order valence-electron chi connectivity index (χ1n) is 4.98. The lowest BCUT2D eigenvalue weighted by Gasteiger charge is -2.14. The zero-order valence-electron chi connectivity index (χ0n) is 8.04. The van der Waals surface area contributed by atoms with Gasteiger partial charge >= 0.3 is 0 Å². The molecule has 0 bridgehead atoms. The fourth-order valence-electron chi connectivity index (χ4n) is 1.72. The Morgan fingerprint density at radius 3 is 2.79 bits per heavy atom. The monoisotopic (exact) mass is 210 g/mol. The number of anilines is 1. The van der Waals surface area contributed by atoms with Crippen molar-refractivity contribution in [3.05, 3.63) is 28.8 Å². The predicted molar refractivity (Wildman–Crippen MR) is 60.1 cm³/mol. The molecule has 0 aliphatic heterocycles. The van der Waals surface area contributed by atoms with Gasteiger partial charge in [0, 0.05) is 6.04 Å². The van der Waals surface area contributed by atoms with E-state index in [1.807, 2.05) is 12.1 Å². The van der Waals surface area contributed by atoms with Gasteiger partial charge < -0.3 is 11.5 Å². The maximum atomic E-state index is 6.07. The molecule has 0 saturated heterocycles. The van der Waals surface area contributed by atoms with Crippen LogP contribution in [0.3, 0.4) is 0 Å². The minimum absolute atomic E-state index is 0.0428. The number of hydrogen-bond donors (Lipinski definition) is 2. The van der Waals surface area contributed by atoms with Crippen LogP contribution < -0.4 is 11.5 Å². The first-order valence-corrected chi connectivity index (χ1v) is 5.35. The van der Waals surface area contributed by atoms with Gasteiger partial charge in [-0.1, -0.05) is 36.6 Å². The van der Waals surface area contributed by atoms with E-state index >= 15 is 0 Å². The Kier molecular flexibility index (Phi) is 2.66.